The third-order valence-electron chi connectivity index (χ3n) is 3.80. The van der Waals surface area contributed by atoms with Crippen LogP contribution in [0, 0.1) is 0 Å². The van der Waals surface area contributed by atoms with E-state index < -0.39 is 6.10 Å². The molecule has 4 nitrogen and oxygen atoms in total. The minimum absolute atomic E-state index is 0.190. The number of aliphatic hydroxyl groups is 1. The number of aliphatic hydroxyl groups excluding tert-OH is 1. The maximum Gasteiger partial charge on any atom is 0.122 e. The van der Waals surface area contributed by atoms with Crippen LogP contribution in [0.2, 0.25) is 0 Å². The Morgan fingerprint density at radius 2 is 1.95 bits per heavy atom. The van der Waals surface area contributed by atoms with Crippen LogP contribution in [0.5, 0.6) is 5.75 Å². The summed E-state index contributed by atoms with van der Waals surface area (Å²) in [5, 5.41) is 10.3. The second kappa shape index (κ2) is 6.70. The highest BCUT2D eigenvalue weighted by Crippen LogP contribution is 2.20. The molecule has 1 aliphatic rings. The monoisotopic (exact) mass is 284 g/mol. The Kier molecular flexibility index (Phi) is 4.48. The van der Waals surface area contributed by atoms with Crippen LogP contribution in [0.25, 0.3) is 0 Å². The number of aromatic nitrogens is 1. The van der Waals surface area contributed by atoms with E-state index in [-0.39, 0.29) is 6.10 Å². The molecule has 110 valence electrons. The summed E-state index contributed by atoms with van der Waals surface area (Å²) < 4.78 is 5.93. The molecule has 1 saturated heterocycles. The van der Waals surface area contributed by atoms with E-state index in [0.29, 0.717) is 6.54 Å². The third-order valence-corrected chi connectivity index (χ3v) is 3.80. The lowest BCUT2D eigenvalue weighted by molar-refractivity contribution is 0.117. The molecule has 2 unspecified atom stereocenters. The summed E-state index contributed by atoms with van der Waals surface area (Å²) >= 11 is 0. The number of hydrogen-bond acceptors (Lipinski definition) is 4. The van der Waals surface area contributed by atoms with Gasteiger partial charge in [0.05, 0.1) is 6.10 Å². The molecule has 0 radical (unpaired) electrons. The fourth-order valence-electron chi connectivity index (χ4n) is 2.69. The van der Waals surface area contributed by atoms with Crippen molar-refractivity contribution in [2.45, 2.75) is 18.6 Å². The van der Waals surface area contributed by atoms with E-state index in [1.807, 2.05) is 42.5 Å². The molecule has 0 bridgehead atoms. The van der Waals surface area contributed by atoms with Gasteiger partial charge in [-0.05, 0) is 24.1 Å². The fraction of sp³-hybridized carbons (Fsp3) is 0.353. The summed E-state index contributed by atoms with van der Waals surface area (Å²) in [6.07, 6.45) is 4.22. The number of β-amino-alcohol motifs (C(OH)–C–C–N with tert-alkyl or cyclic N) is 1. The maximum atomic E-state index is 10.3. The number of rotatable bonds is 5. The molecule has 3 rings (SSSR count). The zero-order valence-electron chi connectivity index (χ0n) is 11.9. The Morgan fingerprint density at radius 1 is 1.19 bits per heavy atom. The van der Waals surface area contributed by atoms with E-state index in [0.717, 1.165) is 30.8 Å². The largest absolute Gasteiger partial charge is 0.489 e. The van der Waals surface area contributed by atoms with Crippen LogP contribution in [0.4, 0.5) is 0 Å². The lowest BCUT2D eigenvalue weighted by Gasteiger charge is -2.20. The van der Waals surface area contributed by atoms with Gasteiger partial charge in [-0.3, -0.25) is 9.88 Å². The lowest BCUT2D eigenvalue weighted by atomic mass is 10.1. The molecule has 1 fully saturated rings. The Bertz CT molecular complexity index is 547. The van der Waals surface area contributed by atoms with Crippen LogP contribution in [0.15, 0.2) is 54.9 Å². The van der Waals surface area contributed by atoms with E-state index in [9.17, 15) is 5.11 Å². The smallest absolute Gasteiger partial charge is 0.122 e. The number of likely N-dealkylation sites (tertiary alicyclic amines) is 1. The Morgan fingerprint density at radius 3 is 2.71 bits per heavy atom. The van der Waals surface area contributed by atoms with Gasteiger partial charge in [-0.15, -0.1) is 0 Å². The minimum atomic E-state index is -0.439. The zero-order valence-corrected chi connectivity index (χ0v) is 11.9. The van der Waals surface area contributed by atoms with E-state index in [2.05, 4.69) is 9.88 Å². The molecule has 0 saturated carbocycles. The Balaban J connectivity index is 1.51. The van der Waals surface area contributed by atoms with E-state index in [4.69, 9.17) is 4.74 Å². The Hall–Kier alpha value is -1.91. The highest BCUT2D eigenvalue weighted by Gasteiger charge is 2.25. The molecule has 2 aromatic rings. The molecular weight excluding hydrogens is 264 g/mol. The van der Waals surface area contributed by atoms with Crippen molar-refractivity contribution in [2.75, 3.05) is 19.6 Å². The van der Waals surface area contributed by atoms with Gasteiger partial charge in [0.25, 0.3) is 0 Å². The summed E-state index contributed by atoms with van der Waals surface area (Å²) in [5.74, 6) is 0.862. The number of pyridine rings is 1. The molecule has 1 N–H and O–H groups in total. The van der Waals surface area contributed by atoms with Crippen LogP contribution in [-0.4, -0.2) is 40.7 Å². The van der Waals surface area contributed by atoms with Gasteiger partial charge < -0.3 is 9.84 Å². The van der Waals surface area contributed by atoms with Crippen molar-refractivity contribution in [3.63, 3.8) is 0 Å². The van der Waals surface area contributed by atoms with Gasteiger partial charge in [-0.1, -0.05) is 30.3 Å². The first-order valence-corrected chi connectivity index (χ1v) is 7.33. The molecule has 0 spiro atoms. The summed E-state index contributed by atoms with van der Waals surface area (Å²) in [4.78, 5) is 6.24. The highest BCUT2D eigenvalue weighted by atomic mass is 16.5. The van der Waals surface area contributed by atoms with Gasteiger partial charge in [0, 0.05) is 32.0 Å². The van der Waals surface area contributed by atoms with Crippen LogP contribution in [-0.2, 0) is 0 Å². The molecule has 2 heterocycles. The van der Waals surface area contributed by atoms with Gasteiger partial charge in [0.15, 0.2) is 0 Å². The van der Waals surface area contributed by atoms with Gasteiger partial charge in [-0.2, -0.15) is 0 Å². The third kappa shape index (κ3) is 3.80. The molecular formula is C17H20N2O2. The Labute approximate surface area is 125 Å². The maximum absolute atomic E-state index is 10.3. The molecule has 0 aliphatic carbocycles. The lowest BCUT2D eigenvalue weighted by Crippen LogP contribution is -2.29. The minimum Gasteiger partial charge on any atom is -0.489 e. The van der Waals surface area contributed by atoms with Crippen LogP contribution in [0.1, 0.15) is 18.1 Å². The van der Waals surface area contributed by atoms with Crippen molar-refractivity contribution in [1.82, 2.24) is 9.88 Å². The predicted molar refractivity (Wildman–Crippen MR) is 81.1 cm³/mol. The molecule has 2 atom stereocenters. The molecule has 0 amide bonds. The van der Waals surface area contributed by atoms with E-state index >= 15 is 0 Å². The molecule has 1 aromatic carbocycles. The summed E-state index contributed by atoms with van der Waals surface area (Å²) in [6.45, 7) is 2.46. The second-order valence-corrected chi connectivity index (χ2v) is 5.40. The normalized spacial score (nSPS) is 20.3. The van der Waals surface area contributed by atoms with Crippen LogP contribution >= 0.6 is 0 Å². The van der Waals surface area contributed by atoms with E-state index in [1.165, 1.54) is 0 Å². The average molecular weight is 284 g/mol. The van der Waals surface area contributed by atoms with Crippen molar-refractivity contribution in [1.29, 1.82) is 0 Å². The highest BCUT2D eigenvalue weighted by molar-refractivity contribution is 5.18. The van der Waals surface area contributed by atoms with Crippen molar-refractivity contribution < 1.29 is 9.84 Å². The van der Waals surface area contributed by atoms with Crippen molar-refractivity contribution >= 4 is 0 Å². The quantitative estimate of drug-likeness (QED) is 0.915. The topological polar surface area (TPSA) is 45.6 Å². The van der Waals surface area contributed by atoms with Gasteiger partial charge >= 0.3 is 0 Å². The number of ether oxygens (including phenoxy) is 1. The molecule has 4 heteroatoms. The summed E-state index contributed by atoms with van der Waals surface area (Å²) in [5.41, 5.74) is 0.969. The summed E-state index contributed by atoms with van der Waals surface area (Å²) in [6, 6.07) is 13.6. The first kappa shape index (κ1) is 14.0. The molecule has 21 heavy (non-hydrogen) atoms. The first-order chi connectivity index (χ1) is 10.3. The van der Waals surface area contributed by atoms with Crippen molar-refractivity contribution in [3.8, 4) is 5.75 Å². The van der Waals surface area contributed by atoms with Crippen LogP contribution in [0.3, 0.4) is 0 Å². The zero-order chi connectivity index (χ0) is 14.5. The predicted octanol–water partition coefficient (Wildman–Crippen LogP) is 2.27. The molecule has 1 aromatic heterocycles. The van der Waals surface area contributed by atoms with Gasteiger partial charge in [-0.25, -0.2) is 0 Å². The second-order valence-electron chi connectivity index (χ2n) is 5.40. The van der Waals surface area contributed by atoms with Gasteiger partial charge in [0.2, 0.25) is 0 Å². The number of nitrogens with zero attached hydrogens (tertiary/aromatic N) is 2. The van der Waals surface area contributed by atoms with E-state index in [1.54, 1.807) is 12.4 Å². The number of benzene rings is 1. The molecule has 1 aliphatic heterocycles. The average Bonchev–Trinajstić information content (AvgIpc) is 2.96. The fourth-order valence-corrected chi connectivity index (χ4v) is 2.69. The summed E-state index contributed by atoms with van der Waals surface area (Å²) in [7, 11) is 0. The number of hydrogen-bond donors (Lipinski definition) is 1. The SMILES string of the molecule is OC(CN1CCC(Oc2ccncc2)C1)c1ccccc1. The van der Waals surface area contributed by atoms with Crippen molar-refractivity contribution in [3.05, 3.63) is 60.4 Å². The van der Waals surface area contributed by atoms with Crippen LogP contribution < -0.4 is 4.74 Å². The standard InChI is InChI=1S/C17H20N2O2/c20-17(14-4-2-1-3-5-14)13-19-11-8-16(12-19)21-15-6-9-18-10-7-15/h1-7,9-10,16-17,20H,8,11-13H2. The van der Waals surface area contributed by atoms with Crippen molar-refractivity contribution in [2.24, 2.45) is 0 Å². The van der Waals surface area contributed by atoms with Gasteiger partial charge in [0.1, 0.15) is 11.9 Å². The first-order valence-electron chi connectivity index (χ1n) is 7.33.